The molecule has 8 nitrogen and oxygen atoms in total. The molecule has 3 rings (SSSR count). The molecule has 0 aliphatic carbocycles. The highest BCUT2D eigenvalue weighted by molar-refractivity contribution is 7.99. The van der Waals surface area contributed by atoms with Gasteiger partial charge in [-0.2, -0.15) is 0 Å². The van der Waals surface area contributed by atoms with E-state index in [2.05, 4.69) is 23.8 Å². The number of benzene rings is 1. The van der Waals surface area contributed by atoms with Crippen molar-refractivity contribution in [3.8, 4) is 0 Å². The summed E-state index contributed by atoms with van der Waals surface area (Å²) in [6.07, 6.45) is 3.67. The number of nitro benzene ring substituents is 1. The van der Waals surface area contributed by atoms with Crippen LogP contribution in [-0.4, -0.2) is 38.2 Å². The number of ether oxygens (including phenoxy) is 1. The molecular formula is C21H24N4O4S. The van der Waals surface area contributed by atoms with E-state index in [0.29, 0.717) is 12.2 Å². The zero-order chi connectivity index (χ0) is 21.5. The van der Waals surface area contributed by atoms with Crippen LogP contribution in [0.5, 0.6) is 0 Å². The van der Waals surface area contributed by atoms with E-state index >= 15 is 0 Å². The quantitative estimate of drug-likeness (QED) is 0.366. The molecule has 0 saturated heterocycles. The van der Waals surface area contributed by atoms with Gasteiger partial charge in [0, 0.05) is 35.8 Å². The van der Waals surface area contributed by atoms with E-state index in [4.69, 9.17) is 9.72 Å². The van der Waals surface area contributed by atoms with Crippen LogP contribution in [0.4, 0.5) is 5.69 Å². The molecule has 30 heavy (non-hydrogen) atoms. The number of rotatable bonds is 10. The Morgan fingerprint density at radius 2 is 2.13 bits per heavy atom. The van der Waals surface area contributed by atoms with E-state index in [1.165, 1.54) is 17.8 Å². The standard InChI is InChI=1S/C21H24N4O4S/c1-14(2)19-21(30-17-7-3-6-16(12-17)25(27)28)24-20(23-19)18(29-10-9-26)11-15-5-4-8-22-13-15/h3-8,12-14,18,26H,9-11H2,1-2H3,(H,23,24). The van der Waals surface area contributed by atoms with Gasteiger partial charge in [-0.15, -0.1) is 0 Å². The van der Waals surface area contributed by atoms with Crippen molar-refractivity contribution in [1.29, 1.82) is 0 Å². The lowest BCUT2D eigenvalue weighted by Crippen LogP contribution is -2.12. The van der Waals surface area contributed by atoms with Crippen LogP contribution in [0.3, 0.4) is 0 Å². The van der Waals surface area contributed by atoms with Crippen molar-refractivity contribution in [3.63, 3.8) is 0 Å². The van der Waals surface area contributed by atoms with Crippen molar-refractivity contribution in [2.45, 2.75) is 42.2 Å². The number of aliphatic hydroxyl groups excluding tert-OH is 1. The molecule has 2 aromatic heterocycles. The molecule has 3 aromatic rings. The summed E-state index contributed by atoms with van der Waals surface area (Å²) in [5, 5.41) is 21.0. The largest absolute Gasteiger partial charge is 0.394 e. The predicted octanol–water partition coefficient (Wildman–Crippen LogP) is 4.28. The van der Waals surface area contributed by atoms with E-state index in [1.807, 2.05) is 18.2 Å². The Hall–Kier alpha value is -2.75. The topological polar surface area (TPSA) is 114 Å². The van der Waals surface area contributed by atoms with Gasteiger partial charge in [0.25, 0.3) is 5.69 Å². The summed E-state index contributed by atoms with van der Waals surface area (Å²) in [5.41, 5.74) is 1.98. The molecule has 1 unspecified atom stereocenters. The van der Waals surface area contributed by atoms with Gasteiger partial charge < -0.3 is 14.8 Å². The fourth-order valence-electron chi connectivity index (χ4n) is 2.95. The van der Waals surface area contributed by atoms with Gasteiger partial charge in [0.2, 0.25) is 0 Å². The molecule has 2 N–H and O–H groups in total. The number of nitro groups is 1. The van der Waals surface area contributed by atoms with E-state index in [9.17, 15) is 15.2 Å². The van der Waals surface area contributed by atoms with Crippen molar-refractivity contribution in [1.82, 2.24) is 15.0 Å². The van der Waals surface area contributed by atoms with Crippen LogP contribution in [0.1, 0.15) is 43.0 Å². The average Bonchev–Trinajstić information content (AvgIpc) is 3.16. The second-order valence-corrected chi connectivity index (χ2v) is 8.06. The van der Waals surface area contributed by atoms with Crippen LogP contribution in [0.2, 0.25) is 0 Å². The molecule has 2 heterocycles. The molecular weight excluding hydrogens is 404 g/mol. The Morgan fingerprint density at radius 1 is 1.30 bits per heavy atom. The number of H-pyrrole nitrogens is 1. The van der Waals surface area contributed by atoms with E-state index in [0.717, 1.165) is 21.2 Å². The first-order chi connectivity index (χ1) is 14.5. The summed E-state index contributed by atoms with van der Waals surface area (Å²) < 4.78 is 5.86. The van der Waals surface area contributed by atoms with Crippen LogP contribution >= 0.6 is 11.8 Å². The minimum absolute atomic E-state index is 0.0441. The first-order valence-corrected chi connectivity index (χ1v) is 10.4. The summed E-state index contributed by atoms with van der Waals surface area (Å²) >= 11 is 1.38. The maximum absolute atomic E-state index is 11.1. The molecule has 0 aliphatic rings. The zero-order valence-electron chi connectivity index (χ0n) is 16.8. The van der Waals surface area contributed by atoms with Gasteiger partial charge in [0.05, 0.1) is 23.8 Å². The molecule has 0 fully saturated rings. The van der Waals surface area contributed by atoms with Crippen LogP contribution in [0, 0.1) is 10.1 Å². The molecule has 0 bridgehead atoms. The molecule has 9 heteroatoms. The first-order valence-electron chi connectivity index (χ1n) is 9.61. The second-order valence-electron chi connectivity index (χ2n) is 7.00. The molecule has 0 radical (unpaired) electrons. The monoisotopic (exact) mass is 428 g/mol. The maximum Gasteiger partial charge on any atom is 0.270 e. The van der Waals surface area contributed by atoms with Crippen molar-refractivity contribution < 1.29 is 14.8 Å². The molecule has 1 atom stereocenters. The van der Waals surface area contributed by atoms with Gasteiger partial charge in [-0.1, -0.05) is 37.7 Å². The van der Waals surface area contributed by atoms with Crippen LogP contribution in [-0.2, 0) is 11.2 Å². The highest BCUT2D eigenvalue weighted by Gasteiger charge is 2.22. The Labute approximate surface area is 178 Å². The second kappa shape index (κ2) is 10.3. The van der Waals surface area contributed by atoms with Gasteiger partial charge >= 0.3 is 0 Å². The number of aromatic nitrogens is 3. The normalized spacial score (nSPS) is 12.3. The van der Waals surface area contributed by atoms with Crippen molar-refractivity contribution in [2.75, 3.05) is 13.2 Å². The van der Waals surface area contributed by atoms with Crippen LogP contribution < -0.4 is 0 Å². The highest BCUT2D eigenvalue weighted by Crippen LogP contribution is 2.35. The van der Waals surface area contributed by atoms with Gasteiger partial charge in [-0.3, -0.25) is 15.1 Å². The minimum Gasteiger partial charge on any atom is -0.394 e. The highest BCUT2D eigenvalue weighted by atomic mass is 32.2. The summed E-state index contributed by atoms with van der Waals surface area (Å²) in [6, 6.07) is 10.3. The third kappa shape index (κ3) is 5.65. The zero-order valence-corrected chi connectivity index (χ0v) is 17.6. The predicted molar refractivity (Wildman–Crippen MR) is 114 cm³/mol. The molecule has 1 aromatic carbocycles. The number of aromatic amines is 1. The molecule has 0 aliphatic heterocycles. The van der Waals surface area contributed by atoms with Gasteiger partial charge in [0.1, 0.15) is 17.0 Å². The third-order valence-corrected chi connectivity index (χ3v) is 5.39. The van der Waals surface area contributed by atoms with Gasteiger partial charge in [0.15, 0.2) is 0 Å². The Bertz CT molecular complexity index is 978. The van der Waals surface area contributed by atoms with E-state index in [-0.39, 0.29) is 30.9 Å². The Kier molecular flexibility index (Phi) is 7.56. The average molecular weight is 429 g/mol. The number of hydrogen-bond acceptors (Lipinski definition) is 7. The molecule has 0 amide bonds. The van der Waals surface area contributed by atoms with Crippen molar-refractivity contribution in [3.05, 3.63) is 76.0 Å². The number of hydrogen-bond donors (Lipinski definition) is 2. The van der Waals surface area contributed by atoms with Gasteiger partial charge in [-0.05, 0) is 23.6 Å². The lowest BCUT2D eigenvalue weighted by Gasteiger charge is -2.15. The lowest BCUT2D eigenvalue weighted by atomic mass is 10.1. The van der Waals surface area contributed by atoms with Crippen molar-refractivity contribution in [2.24, 2.45) is 0 Å². The fourth-order valence-corrected chi connectivity index (χ4v) is 4.04. The summed E-state index contributed by atoms with van der Waals surface area (Å²) in [5.74, 6) is 0.827. The molecule has 0 spiro atoms. The maximum atomic E-state index is 11.1. The number of aliphatic hydroxyl groups is 1. The third-order valence-electron chi connectivity index (χ3n) is 4.39. The SMILES string of the molecule is CC(C)c1[nH]c(C(Cc2cccnc2)OCCO)nc1Sc1cccc([N+](=O)[O-])c1. The lowest BCUT2D eigenvalue weighted by molar-refractivity contribution is -0.385. The summed E-state index contributed by atoms with van der Waals surface area (Å²) in [4.78, 5) is 23.7. The van der Waals surface area contributed by atoms with Crippen LogP contribution in [0.15, 0.2) is 58.7 Å². The summed E-state index contributed by atoms with van der Waals surface area (Å²) in [7, 11) is 0. The van der Waals surface area contributed by atoms with E-state index in [1.54, 1.807) is 24.5 Å². The van der Waals surface area contributed by atoms with Crippen LogP contribution in [0.25, 0.3) is 0 Å². The first kappa shape index (κ1) is 21.9. The molecule has 158 valence electrons. The minimum atomic E-state index is -0.407. The smallest absolute Gasteiger partial charge is 0.270 e. The number of non-ortho nitro benzene ring substituents is 1. The number of imidazole rings is 1. The fraction of sp³-hybridized carbons (Fsp3) is 0.333. The summed E-state index contributed by atoms with van der Waals surface area (Å²) in [6.45, 7) is 4.21. The molecule has 0 saturated carbocycles. The number of pyridine rings is 1. The van der Waals surface area contributed by atoms with Crippen molar-refractivity contribution >= 4 is 17.4 Å². The van der Waals surface area contributed by atoms with Gasteiger partial charge in [-0.25, -0.2) is 4.98 Å². The van der Waals surface area contributed by atoms with E-state index < -0.39 is 4.92 Å². The number of nitrogens with one attached hydrogen (secondary N) is 1. The Morgan fingerprint density at radius 3 is 2.80 bits per heavy atom. The number of nitrogens with zero attached hydrogens (tertiary/aromatic N) is 3. The Balaban J connectivity index is 1.90.